The van der Waals surface area contributed by atoms with Crippen molar-refractivity contribution in [3.8, 4) is 22.8 Å². The maximum absolute atomic E-state index is 13.0. The molecule has 0 aliphatic heterocycles. The zero-order valence-corrected chi connectivity index (χ0v) is 11.1. The molecule has 1 aromatic heterocycles. The second kappa shape index (κ2) is 5.18. The lowest BCUT2D eigenvalue weighted by atomic mass is 10.1. The summed E-state index contributed by atoms with van der Waals surface area (Å²) in [6.07, 6.45) is -4.49. The van der Waals surface area contributed by atoms with Gasteiger partial charge in [-0.1, -0.05) is 29.4 Å². The van der Waals surface area contributed by atoms with Crippen LogP contribution in [0.3, 0.4) is 0 Å². The van der Waals surface area contributed by atoms with Crippen molar-refractivity contribution in [1.29, 1.82) is 0 Å². The van der Waals surface area contributed by atoms with Gasteiger partial charge in [0.25, 0.3) is 5.89 Å². The fraction of sp³-hybridized carbons (Fsp3) is 0.0667. The van der Waals surface area contributed by atoms with E-state index in [4.69, 9.17) is 10.3 Å². The van der Waals surface area contributed by atoms with E-state index < -0.39 is 11.7 Å². The average Bonchev–Trinajstić information content (AvgIpc) is 2.96. The molecule has 3 rings (SSSR count). The molecule has 2 aromatic carbocycles. The Kier molecular flexibility index (Phi) is 3.32. The van der Waals surface area contributed by atoms with Crippen LogP contribution >= 0.6 is 0 Å². The summed E-state index contributed by atoms with van der Waals surface area (Å²) >= 11 is 0. The molecule has 22 heavy (non-hydrogen) atoms. The Hall–Kier alpha value is -2.83. The minimum absolute atomic E-state index is 0.110. The highest BCUT2D eigenvalue weighted by Gasteiger charge is 2.34. The Labute approximate surface area is 123 Å². The Balaban J connectivity index is 2.06. The molecule has 0 atom stereocenters. The molecule has 0 amide bonds. The van der Waals surface area contributed by atoms with Crippen LogP contribution < -0.4 is 5.73 Å². The zero-order valence-electron chi connectivity index (χ0n) is 11.1. The molecule has 0 unspecified atom stereocenters. The van der Waals surface area contributed by atoms with Crippen LogP contribution in [0.15, 0.2) is 53.1 Å². The predicted molar refractivity (Wildman–Crippen MR) is 74.6 cm³/mol. The van der Waals surface area contributed by atoms with E-state index in [1.54, 1.807) is 24.3 Å². The lowest BCUT2D eigenvalue weighted by molar-refractivity contribution is -0.137. The maximum atomic E-state index is 13.0. The minimum Gasteiger partial charge on any atom is -0.399 e. The van der Waals surface area contributed by atoms with Crippen LogP contribution in [0.2, 0.25) is 0 Å². The van der Waals surface area contributed by atoms with Crippen LogP contribution in [0.4, 0.5) is 18.9 Å². The summed E-state index contributed by atoms with van der Waals surface area (Å²) in [4.78, 5) is 4.03. The third kappa shape index (κ3) is 2.65. The molecule has 0 fully saturated rings. The van der Waals surface area contributed by atoms with Gasteiger partial charge in [0.05, 0.1) is 5.56 Å². The van der Waals surface area contributed by atoms with Gasteiger partial charge in [-0.25, -0.2) is 0 Å². The predicted octanol–water partition coefficient (Wildman–Crippen LogP) is 4.00. The molecular weight excluding hydrogens is 295 g/mol. The number of rotatable bonds is 2. The number of aromatic nitrogens is 2. The van der Waals surface area contributed by atoms with Gasteiger partial charge in [-0.3, -0.25) is 0 Å². The number of halogens is 3. The van der Waals surface area contributed by atoms with Crippen molar-refractivity contribution < 1.29 is 17.7 Å². The maximum Gasteiger partial charge on any atom is 0.417 e. The lowest BCUT2D eigenvalue weighted by Gasteiger charge is -2.09. The number of hydrogen-bond donors (Lipinski definition) is 1. The van der Waals surface area contributed by atoms with Gasteiger partial charge in [0.15, 0.2) is 0 Å². The van der Waals surface area contributed by atoms with Crippen molar-refractivity contribution in [2.75, 3.05) is 5.73 Å². The molecule has 0 saturated carbocycles. The minimum atomic E-state index is -4.49. The van der Waals surface area contributed by atoms with Crippen LogP contribution in [-0.4, -0.2) is 10.1 Å². The molecule has 0 aliphatic rings. The number of nitrogen functional groups attached to an aromatic ring is 1. The van der Waals surface area contributed by atoms with Gasteiger partial charge in [0, 0.05) is 16.8 Å². The number of hydrogen-bond acceptors (Lipinski definition) is 4. The molecule has 1 heterocycles. The highest BCUT2D eigenvalue weighted by Crippen LogP contribution is 2.36. The Morgan fingerprint density at radius 2 is 1.77 bits per heavy atom. The summed E-state index contributed by atoms with van der Waals surface area (Å²) in [5.41, 5.74) is 5.75. The number of alkyl halides is 3. The van der Waals surface area contributed by atoms with E-state index in [0.717, 1.165) is 6.07 Å². The molecule has 0 aliphatic carbocycles. The van der Waals surface area contributed by atoms with E-state index in [1.165, 1.54) is 18.2 Å². The van der Waals surface area contributed by atoms with Crippen LogP contribution in [0.25, 0.3) is 22.8 Å². The van der Waals surface area contributed by atoms with Crippen molar-refractivity contribution in [1.82, 2.24) is 10.1 Å². The van der Waals surface area contributed by atoms with Crippen molar-refractivity contribution in [3.05, 3.63) is 54.1 Å². The Morgan fingerprint density at radius 3 is 2.50 bits per heavy atom. The molecular formula is C15H10F3N3O. The van der Waals surface area contributed by atoms with E-state index in [9.17, 15) is 13.2 Å². The first kappa shape index (κ1) is 14.1. The number of nitrogens with zero attached hydrogens (tertiary/aromatic N) is 2. The molecule has 0 bridgehead atoms. The molecule has 7 heteroatoms. The highest BCUT2D eigenvalue weighted by molar-refractivity contribution is 5.65. The van der Waals surface area contributed by atoms with Crippen LogP contribution in [0, 0.1) is 0 Å². The van der Waals surface area contributed by atoms with Gasteiger partial charge in [0.1, 0.15) is 0 Å². The van der Waals surface area contributed by atoms with E-state index >= 15 is 0 Å². The molecule has 4 nitrogen and oxygen atoms in total. The van der Waals surface area contributed by atoms with Crippen LogP contribution in [0.1, 0.15) is 5.56 Å². The molecule has 2 N–H and O–H groups in total. The summed E-state index contributed by atoms with van der Waals surface area (Å²) in [5.74, 6) is -0.00960. The van der Waals surface area contributed by atoms with E-state index in [1.807, 2.05) is 0 Å². The van der Waals surface area contributed by atoms with Gasteiger partial charge >= 0.3 is 6.18 Å². The molecule has 0 radical (unpaired) electrons. The van der Waals surface area contributed by atoms with Gasteiger partial charge < -0.3 is 10.3 Å². The highest BCUT2D eigenvalue weighted by atomic mass is 19.4. The first-order valence-corrected chi connectivity index (χ1v) is 6.31. The fourth-order valence-corrected chi connectivity index (χ4v) is 2.05. The fourth-order valence-electron chi connectivity index (χ4n) is 2.05. The third-order valence-corrected chi connectivity index (χ3v) is 3.03. The number of benzene rings is 2. The van der Waals surface area contributed by atoms with Gasteiger partial charge in [-0.2, -0.15) is 18.2 Å². The molecule has 112 valence electrons. The first-order chi connectivity index (χ1) is 10.4. The summed E-state index contributed by atoms with van der Waals surface area (Å²) in [6, 6.07) is 11.7. The monoisotopic (exact) mass is 305 g/mol. The average molecular weight is 305 g/mol. The Morgan fingerprint density at radius 1 is 1.00 bits per heavy atom. The second-order valence-electron chi connectivity index (χ2n) is 4.59. The number of anilines is 1. The lowest BCUT2D eigenvalue weighted by Crippen LogP contribution is -2.07. The van der Waals surface area contributed by atoms with E-state index in [-0.39, 0.29) is 17.3 Å². The number of nitrogens with two attached hydrogens (primary N) is 1. The summed E-state index contributed by atoms with van der Waals surface area (Å²) in [7, 11) is 0. The van der Waals surface area contributed by atoms with Gasteiger partial charge in [-0.05, 0) is 24.3 Å². The second-order valence-corrected chi connectivity index (χ2v) is 4.59. The first-order valence-electron chi connectivity index (χ1n) is 6.31. The summed E-state index contributed by atoms with van der Waals surface area (Å²) in [6.45, 7) is 0. The summed E-state index contributed by atoms with van der Waals surface area (Å²) < 4.78 is 44.1. The van der Waals surface area contributed by atoms with Crippen molar-refractivity contribution in [2.24, 2.45) is 0 Å². The standard InChI is InChI=1S/C15H10F3N3O/c16-15(17,18)12-7-2-1-6-11(12)13-20-14(22-21-13)9-4-3-5-10(19)8-9/h1-8H,19H2. The van der Waals surface area contributed by atoms with Gasteiger partial charge in [-0.15, -0.1) is 0 Å². The SMILES string of the molecule is Nc1cccc(-c2nc(-c3ccccc3C(F)(F)F)no2)c1. The van der Waals surface area contributed by atoms with E-state index in [0.29, 0.717) is 11.3 Å². The van der Waals surface area contributed by atoms with Gasteiger partial charge in [0.2, 0.25) is 5.82 Å². The topological polar surface area (TPSA) is 64.9 Å². The Bertz CT molecular complexity index is 812. The molecule has 0 spiro atoms. The van der Waals surface area contributed by atoms with Crippen LogP contribution in [-0.2, 0) is 6.18 Å². The summed E-state index contributed by atoms with van der Waals surface area (Å²) in [5, 5.41) is 3.64. The zero-order chi connectivity index (χ0) is 15.7. The van der Waals surface area contributed by atoms with Crippen molar-refractivity contribution in [2.45, 2.75) is 6.18 Å². The normalized spacial score (nSPS) is 11.6. The molecule has 0 saturated heterocycles. The van der Waals surface area contributed by atoms with Crippen molar-refractivity contribution >= 4 is 5.69 Å². The molecule has 3 aromatic rings. The van der Waals surface area contributed by atoms with Crippen molar-refractivity contribution in [3.63, 3.8) is 0 Å². The quantitative estimate of drug-likeness (QED) is 0.727. The smallest absolute Gasteiger partial charge is 0.399 e. The largest absolute Gasteiger partial charge is 0.417 e. The van der Waals surface area contributed by atoms with Crippen LogP contribution in [0.5, 0.6) is 0 Å². The van der Waals surface area contributed by atoms with E-state index in [2.05, 4.69) is 10.1 Å². The third-order valence-electron chi connectivity index (χ3n) is 3.03.